The van der Waals surface area contributed by atoms with Gasteiger partial charge in [0.2, 0.25) is 5.91 Å². The van der Waals surface area contributed by atoms with E-state index >= 15 is 0 Å². The lowest BCUT2D eigenvalue weighted by Gasteiger charge is -2.31. The van der Waals surface area contributed by atoms with E-state index in [1.165, 1.54) is 0 Å². The number of aromatic nitrogens is 2. The number of amides is 1. The summed E-state index contributed by atoms with van der Waals surface area (Å²) in [6.45, 7) is 5.89. The van der Waals surface area contributed by atoms with Gasteiger partial charge in [-0.2, -0.15) is 5.10 Å². The molecule has 7 heteroatoms. The zero-order valence-corrected chi connectivity index (χ0v) is 16.1. The molecule has 1 amide bonds. The molecule has 5 nitrogen and oxygen atoms in total. The van der Waals surface area contributed by atoms with Crippen molar-refractivity contribution in [1.29, 1.82) is 0 Å². The van der Waals surface area contributed by atoms with Gasteiger partial charge in [0, 0.05) is 16.0 Å². The van der Waals surface area contributed by atoms with E-state index in [0.29, 0.717) is 11.7 Å². The molecule has 0 bridgehead atoms. The number of halogens is 2. The van der Waals surface area contributed by atoms with Gasteiger partial charge in [-0.3, -0.25) is 9.89 Å². The Balaban J connectivity index is 0.00000208. The van der Waals surface area contributed by atoms with Gasteiger partial charge in [0.1, 0.15) is 0 Å². The van der Waals surface area contributed by atoms with Crippen LogP contribution in [0.15, 0.2) is 28.7 Å². The van der Waals surface area contributed by atoms with Crippen molar-refractivity contribution in [2.45, 2.75) is 20.3 Å². The lowest BCUT2D eigenvalue weighted by atomic mass is 9.88. The number of carbonyl (C=O) groups excluding carboxylic acids is 1. The summed E-state index contributed by atoms with van der Waals surface area (Å²) in [5, 5.41) is 13.6. The van der Waals surface area contributed by atoms with Gasteiger partial charge in [0.05, 0.1) is 5.69 Å². The highest BCUT2D eigenvalue weighted by Gasteiger charge is 2.29. The van der Waals surface area contributed by atoms with E-state index in [1.54, 1.807) is 0 Å². The van der Waals surface area contributed by atoms with E-state index in [2.05, 4.69) is 43.7 Å². The van der Waals surface area contributed by atoms with Crippen molar-refractivity contribution in [2.24, 2.45) is 11.8 Å². The summed E-state index contributed by atoms with van der Waals surface area (Å²) >= 11 is 3.45. The SMILES string of the molecule is CCc1c(NC(=O)C(C)C2CNC2)n[nH]c1-c1ccc(Br)cc1.Cl. The minimum absolute atomic E-state index is 0. The molecule has 0 spiro atoms. The van der Waals surface area contributed by atoms with Gasteiger partial charge in [-0.1, -0.05) is 41.9 Å². The van der Waals surface area contributed by atoms with Crippen LogP contribution in [-0.2, 0) is 11.2 Å². The summed E-state index contributed by atoms with van der Waals surface area (Å²) in [4.78, 5) is 12.4. The van der Waals surface area contributed by atoms with Gasteiger partial charge >= 0.3 is 0 Å². The van der Waals surface area contributed by atoms with Gasteiger partial charge in [-0.25, -0.2) is 0 Å². The van der Waals surface area contributed by atoms with Crippen LogP contribution < -0.4 is 10.6 Å². The molecular formula is C17H22BrClN4O. The number of nitrogens with one attached hydrogen (secondary N) is 3. The van der Waals surface area contributed by atoms with Crippen LogP contribution in [0, 0.1) is 11.8 Å². The maximum absolute atomic E-state index is 12.4. The predicted molar refractivity (Wildman–Crippen MR) is 103 cm³/mol. The van der Waals surface area contributed by atoms with Crippen molar-refractivity contribution in [3.05, 3.63) is 34.3 Å². The molecule has 130 valence electrons. The van der Waals surface area contributed by atoms with Crippen molar-refractivity contribution in [3.63, 3.8) is 0 Å². The lowest BCUT2D eigenvalue weighted by Crippen LogP contribution is -2.48. The van der Waals surface area contributed by atoms with Crippen molar-refractivity contribution >= 4 is 40.1 Å². The highest BCUT2D eigenvalue weighted by molar-refractivity contribution is 9.10. The standard InChI is InChI=1S/C17H21BrN4O.ClH/c1-3-14-15(11-4-6-13(18)7-5-11)21-22-16(14)20-17(23)10(2)12-8-19-9-12;/h4-7,10,12,19H,3,8-9H2,1-2H3,(H2,20,21,22,23);1H. The summed E-state index contributed by atoms with van der Waals surface area (Å²) in [6, 6.07) is 8.06. The Kier molecular flexibility index (Phi) is 6.43. The molecule has 1 unspecified atom stereocenters. The number of aromatic amines is 1. The fourth-order valence-electron chi connectivity index (χ4n) is 2.78. The third-order valence-electron chi connectivity index (χ3n) is 4.53. The Morgan fingerprint density at radius 3 is 2.58 bits per heavy atom. The van der Waals surface area contributed by atoms with E-state index < -0.39 is 0 Å². The molecule has 1 aliphatic rings. The topological polar surface area (TPSA) is 69.8 Å². The van der Waals surface area contributed by atoms with Crippen molar-refractivity contribution in [1.82, 2.24) is 15.5 Å². The van der Waals surface area contributed by atoms with Crippen LogP contribution >= 0.6 is 28.3 Å². The fraction of sp³-hybridized carbons (Fsp3) is 0.412. The average molecular weight is 414 g/mol. The Morgan fingerprint density at radius 2 is 2.04 bits per heavy atom. The Labute approximate surface area is 156 Å². The molecular weight excluding hydrogens is 392 g/mol. The lowest BCUT2D eigenvalue weighted by molar-refractivity contribution is -0.121. The first-order chi connectivity index (χ1) is 11.1. The molecule has 0 saturated carbocycles. The first-order valence-electron chi connectivity index (χ1n) is 7.95. The van der Waals surface area contributed by atoms with Crippen molar-refractivity contribution in [3.8, 4) is 11.3 Å². The summed E-state index contributed by atoms with van der Waals surface area (Å²) < 4.78 is 1.04. The second-order valence-electron chi connectivity index (χ2n) is 5.98. The Bertz CT molecular complexity index is 697. The van der Waals surface area contributed by atoms with Gasteiger partial charge in [-0.15, -0.1) is 12.4 Å². The number of carbonyl (C=O) groups is 1. The molecule has 0 radical (unpaired) electrons. The normalized spacial score (nSPS) is 15.3. The number of anilines is 1. The van der Waals surface area contributed by atoms with Gasteiger partial charge in [-0.05, 0) is 43.1 Å². The maximum Gasteiger partial charge on any atom is 0.228 e. The third kappa shape index (κ3) is 3.82. The number of hydrogen-bond donors (Lipinski definition) is 3. The smallest absolute Gasteiger partial charge is 0.228 e. The van der Waals surface area contributed by atoms with Crippen LogP contribution in [0.25, 0.3) is 11.3 Å². The van der Waals surface area contributed by atoms with Crippen molar-refractivity contribution in [2.75, 3.05) is 18.4 Å². The van der Waals surface area contributed by atoms with E-state index in [0.717, 1.165) is 40.8 Å². The van der Waals surface area contributed by atoms with Crippen LogP contribution in [-0.4, -0.2) is 29.2 Å². The number of benzene rings is 1. The van der Waals surface area contributed by atoms with E-state index in [1.807, 2.05) is 31.2 Å². The van der Waals surface area contributed by atoms with Crippen LogP contribution in [0.1, 0.15) is 19.4 Å². The summed E-state index contributed by atoms with van der Waals surface area (Å²) in [5.41, 5.74) is 3.07. The molecule has 2 heterocycles. The second-order valence-corrected chi connectivity index (χ2v) is 6.90. The maximum atomic E-state index is 12.4. The molecule has 1 atom stereocenters. The Hall–Kier alpha value is -1.37. The molecule has 1 aromatic heterocycles. The predicted octanol–water partition coefficient (Wildman–Crippen LogP) is 3.62. The van der Waals surface area contributed by atoms with Crippen LogP contribution in [0.3, 0.4) is 0 Å². The van der Waals surface area contributed by atoms with E-state index in [4.69, 9.17) is 0 Å². The average Bonchev–Trinajstić information content (AvgIpc) is 2.88. The van der Waals surface area contributed by atoms with E-state index in [-0.39, 0.29) is 24.2 Å². The minimum Gasteiger partial charge on any atom is -0.316 e. The summed E-state index contributed by atoms with van der Waals surface area (Å²) in [7, 11) is 0. The third-order valence-corrected chi connectivity index (χ3v) is 5.06. The zero-order valence-electron chi connectivity index (χ0n) is 13.7. The zero-order chi connectivity index (χ0) is 16.4. The molecule has 1 saturated heterocycles. The Morgan fingerprint density at radius 1 is 1.38 bits per heavy atom. The van der Waals surface area contributed by atoms with Crippen molar-refractivity contribution < 1.29 is 4.79 Å². The molecule has 24 heavy (non-hydrogen) atoms. The van der Waals surface area contributed by atoms with Gasteiger partial charge in [0.25, 0.3) is 0 Å². The molecule has 3 N–H and O–H groups in total. The van der Waals surface area contributed by atoms with E-state index in [9.17, 15) is 4.79 Å². The number of H-pyrrole nitrogens is 1. The fourth-order valence-corrected chi connectivity index (χ4v) is 3.04. The van der Waals surface area contributed by atoms with Gasteiger partial charge < -0.3 is 10.6 Å². The monoisotopic (exact) mass is 412 g/mol. The first-order valence-corrected chi connectivity index (χ1v) is 8.74. The van der Waals surface area contributed by atoms with Gasteiger partial charge in [0.15, 0.2) is 5.82 Å². The number of rotatable bonds is 5. The number of hydrogen-bond acceptors (Lipinski definition) is 3. The molecule has 1 aromatic carbocycles. The molecule has 3 rings (SSSR count). The summed E-state index contributed by atoms with van der Waals surface area (Å²) in [5.74, 6) is 1.10. The molecule has 1 fully saturated rings. The first kappa shape index (κ1) is 19.0. The highest BCUT2D eigenvalue weighted by Crippen LogP contribution is 2.29. The minimum atomic E-state index is -0.00575. The second kappa shape index (κ2) is 8.14. The number of nitrogens with zero attached hydrogens (tertiary/aromatic N) is 1. The van der Waals surface area contributed by atoms with Crippen LogP contribution in [0.4, 0.5) is 5.82 Å². The molecule has 1 aliphatic heterocycles. The highest BCUT2D eigenvalue weighted by atomic mass is 79.9. The summed E-state index contributed by atoms with van der Waals surface area (Å²) in [6.07, 6.45) is 0.802. The quantitative estimate of drug-likeness (QED) is 0.701. The largest absolute Gasteiger partial charge is 0.316 e. The molecule has 2 aromatic rings. The van der Waals surface area contributed by atoms with Crippen LogP contribution in [0.5, 0.6) is 0 Å². The molecule has 0 aliphatic carbocycles. The van der Waals surface area contributed by atoms with Crippen LogP contribution in [0.2, 0.25) is 0 Å².